The molecule has 4 heteroatoms. The Morgan fingerprint density at radius 3 is 2.24 bits per heavy atom. The lowest BCUT2D eigenvalue weighted by Crippen LogP contribution is -2.15. The van der Waals surface area contributed by atoms with E-state index in [1.165, 1.54) is 16.7 Å². The molecule has 3 nitrogen and oxygen atoms in total. The molecule has 2 rings (SSSR count). The van der Waals surface area contributed by atoms with Crippen molar-refractivity contribution in [3.8, 4) is 0 Å². The molecule has 0 amide bonds. The first-order valence-corrected chi connectivity index (χ1v) is 8.14. The molecule has 0 saturated carbocycles. The molecular formula is C17H23N3S. The summed E-state index contributed by atoms with van der Waals surface area (Å²) in [5, 5.41) is 0.816. The predicted molar refractivity (Wildman–Crippen MR) is 89.8 cm³/mol. The Balaban J connectivity index is 2.09. The third-order valence-corrected chi connectivity index (χ3v) is 4.80. The number of thioether (sulfide) groups is 1. The number of aromatic nitrogens is 2. The summed E-state index contributed by atoms with van der Waals surface area (Å²) in [6, 6.07) is 6.42. The van der Waals surface area contributed by atoms with Crippen LogP contribution in [0.2, 0.25) is 0 Å². The first-order chi connectivity index (χ1) is 9.88. The predicted octanol–water partition coefficient (Wildman–Crippen LogP) is 3.81. The summed E-state index contributed by atoms with van der Waals surface area (Å²) >= 11 is 1.63. The second kappa shape index (κ2) is 6.58. The molecule has 21 heavy (non-hydrogen) atoms. The molecular weight excluding hydrogens is 278 g/mol. The van der Waals surface area contributed by atoms with Crippen molar-refractivity contribution in [2.75, 3.05) is 5.75 Å². The van der Waals surface area contributed by atoms with Crippen molar-refractivity contribution in [2.24, 2.45) is 5.73 Å². The molecule has 0 bridgehead atoms. The van der Waals surface area contributed by atoms with E-state index in [4.69, 9.17) is 5.73 Å². The van der Waals surface area contributed by atoms with E-state index in [2.05, 4.69) is 48.9 Å². The van der Waals surface area contributed by atoms with Crippen molar-refractivity contribution < 1.29 is 0 Å². The van der Waals surface area contributed by atoms with Crippen LogP contribution < -0.4 is 5.73 Å². The van der Waals surface area contributed by atoms with Gasteiger partial charge in [-0.3, -0.25) is 0 Å². The molecule has 0 aliphatic heterocycles. The Bertz CT molecular complexity index is 629. The summed E-state index contributed by atoms with van der Waals surface area (Å²) in [4.78, 5) is 9.06. The molecule has 0 fully saturated rings. The highest BCUT2D eigenvalue weighted by atomic mass is 32.2. The van der Waals surface area contributed by atoms with E-state index < -0.39 is 0 Å². The molecule has 112 valence electrons. The molecule has 2 N–H and O–H groups in total. The highest BCUT2D eigenvalue weighted by molar-refractivity contribution is 7.99. The van der Waals surface area contributed by atoms with Crippen molar-refractivity contribution in [1.29, 1.82) is 0 Å². The fourth-order valence-corrected chi connectivity index (χ4v) is 3.21. The molecule has 0 spiro atoms. The van der Waals surface area contributed by atoms with E-state index in [0.29, 0.717) is 0 Å². The molecule has 0 aliphatic rings. The van der Waals surface area contributed by atoms with E-state index in [-0.39, 0.29) is 6.04 Å². The minimum absolute atomic E-state index is 0.00103. The second-order valence-corrected chi connectivity index (χ2v) is 6.57. The summed E-state index contributed by atoms with van der Waals surface area (Å²) in [6.07, 6.45) is 0. The van der Waals surface area contributed by atoms with Gasteiger partial charge in [-0.2, -0.15) is 0 Å². The van der Waals surface area contributed by atoms with Gasteiger partial charge in [0.2, 0.25) is 0 Å². The maximum atomic E-state index is 6.32. The zero-order chi connectivity index (χ0) is 15.6. The van der Waals surface area contributed by atoms with Crippen LogP contribution in [0.15, 0.2) is 23.4 Å². The van der Waals surface area contributed by atoms with Crippen LogP contribution in [-0.2, 0) is 0 Å². The van der Waals surface area contributed by atoms with Gasteiger partial charge in [0.1, 0.15) is 0 Å². The van der Waals surface area contributed by atoms with E-state index in [1.807, 2.05) is 13.8 Å². The third-order valence-electron chi connectivity index (χ3n) is 3.83. The largest absolute Gasteiger partial charge is 0.323 e. The molecule has 1 unspecified atom stereocenters. The van der Waals surface area contributed by atoms with Gasteiger partial charge in [-0.05, 0) is 51.3 Å². The average molecular weight is 301 g/mol. The van der Waals surface area contributed by atoms with Crippen LogP contribution in [0.1, 0.15) is 39.7 Å². The van der Waals surface area contributed by atoms with Gasteiger partial charge in [0, 0.05) is 23.2 Å². The molecule has 1 aromatic carbocycles. The lowest BCUT2D eigenvalue weighted by atomic mass is 10.0. The molecule has 1 atom stereocenters. The van der Waals surface area contributed by atoms with E-state index >= 15 is 0 Å². The van der Waals surface area contributed by atoms with Gasteiger partial charge < -0.3 is 5.73 Å². The van der Waals surface area contributed by atoms with Crippen LogP contribution in [0, 0.1) is 34.6 Å². The average Bonchev–Trinajstić information content (AvgIpc) is 2.42. The Hall–Kier alpha value is -1.39. The lowest BCUT2D eigenvalue weighted by molar-refractivity contribution is 0.813. The minimum atomic E-state index is 0.00103. The summed E-state index contributed by atoms with van der Waals surface area (Å²) in [6.45, 7) is 10.3. The molecule has 1 aromatic heterocycles. The van der Waals surface area contributed by atoms with Crippen molar-refractivity contribution >= 4 is 11.8 Å². The zero-order valence-corrected chi connectivity index (χ0v) is 14.2. The Morgan fingerprint density at radius 1 is 1.05 bits per heavy atom. The number of benzene rings is 1. The van der Waals surface area contributed by atoms with Gasteiger partial charge in [-0.25, -0.2) is 9.97 Å². The first kappa shape index (κ1) is 16.0. The number of nitrogens with two attached hydrogens (primary N) is 1. The number of aryl methyl sites for hydroxylation is 4. The van der Waals surface area contributed by atoms with Crippen LogP contribution in [0.5, 0.6) is 0 Å². The summed E-state index contributed by atoms with van der Waals surface area (Å²) in [5.41, 5.74) is 13.3. The van der Waals surface area contributed by atoms with E-state index in [1.54, 1.807) is 11.8 Å². The van der Waals surface area contributed by atoms with Gasteiger partial charge in [-0.15, -0.1) is 0 Å². The Labute approximate surface area is 131 Å². The zero-order valence-electron chi connectivity index (χ0n) is 13.4. The fraction of sp³-hybridized carbons (Fsp3) is 0.412. The van der Waals surface area contributed by atoms with Crippen molar-refractivity contribution in [1.82, 2.24) is 9.97 Å². The van der Waals surface area contributed by atoms with Crippen LogP contribution >= 0.6 is 11.8 Å². The molecule has 2 aromatic rings. The Kier molecular flexibility index (Phi) is 5.01. The van der Waals surface area contributed by atoms with Gasteiger partial charge >= 0.3 is 0 Å². The second-order valence-electron chi connectivity index (χ2n) is 5.58. The van der Waals surface area contributed by atoms with Crippen molar-refractivity contribution in [2.45, 2.75) is 45.8 Å². The van der Waals surface area contributed by atoms with Crippen LogP contribution in [0.25, 0.3) is 0 Å². The summed E-state index contributed by atoms with van der Waals surface area (Å²) < 4.78 is 0. The highest BCUT2D eigenvalue weighted by Gasteiger charge is 2.12. The Morgan fingerprint density at radius 2 is 1.67 bits per heavy atom. The third kappa shape index (κ3) is 3.83. The maximum Gasteiger partial charge on any atom is 0.188 e. The number of nitrogens with zero attached hydrogens (tertiary/aromatic N) is 2. The van der Waals surface area contributed by atoms with Crippen LogP contribution in [-0.4, -0.2) is 15.7 Å². The standard InChI is InChI=1S/C17H23N3S/c1-10-6-7-15(11(2)8-10)16(18)9-21-17-19-13(4)12(3)14(5)20-17/h6-8,16H,9,18H2,1-5H3. The maximum absolute atomic E-state index is 6.32. The van der Waals surface area contributed by atoms with Crippen LogP contribution in [0.4, 0.5) is 0 Å². The van der Waals surface area contributed by atoms with Crippen LogP contribution in [0.3, 0.4) is 0 Å². The number of hydrogen-bond acceptors (Lipinski definition) is 4. The summed E-state index contributed by atoms with van der Waals surface area (Å²) in [5.74, 6) is 0.784. The van der Waals surface area contributed by atoms with Gasteiger partial charge in [-0.1, -0.05) is 35.5 Å². The van der Waals surface area contributed by atoms with Crippen molar-refractivity contribution in [3.05, 3.63) is 51.8 Å². The molecule has 0 aliphatic carbocycles. The SMILES string of the molecule is Cc1ccc(C(N)CSc2nc(C)c(C)c(C)n2)c(C)c1. The van der Waals surface area contributed by atoms with Gasteiger partial charge in [0.15, 0.2) is 5.16 Å². The van der Waals surface area contributed by atoms with Gasteiger partial charge in [0.05, 0.1) is 0 Å². The number of rotatable bonds is 4. The first-order valence-electron chi connectivity index (χ1n) is 7.16. The molecule has 1 heterocycles. The number of hydrogen-bond donors (Lipinski definition) is 1. The monoisotopic (exact) mass is 301 g/mol. The topological polar surface area (TPSA) is 51.8 Å². The quantitative estimate of drug-likeness (QED) is 0.689. The summed E-state index contributed by atoms with van der Waals surface area (Å²) in [7, 11) is 0. The fourth-order valence-electron chi connectivity index (χ4n) is 2.30. The van der Waals surface area contributed by atoms with E-state index in [9.17, 15) is 0 Å². The molecule has 0 radical (unpaired) electrons. The molecule has 0 saturated heterocycles. The lowest BCUT2D eigenvalue weighted by Gasteiger charge is -2.15. The highest BCUT2D eigenvalue weighted by Crippen LogP contribution is 2.24. The van der Waals surface area contributed by atoms with E-state index in [0.717, 1.165) is 27.9 Å². The normalized spacial score (nSPS) is 12.5. The van der Waals surface area contributed by atoms with Gasteiger partial charge in [0.25, 0.3) is 0 Å². The van der Waals surface area contributed by atoms with Crippen molar-refractivity contribution in [3.63, 3.8) is 0 Å². The smallest absolute Gasteiger partial charge is 0.188 e. The minimum Gasteiger partial charge on any atom is -0.323 e.